The molecular weight excluding hydrogens is 374 g/mol. The predicted octanol–water partition coefficient (Wildman–Crippen LogP) is 2.70. The van der Waals surface area contributed by atoms with Gasteiger partial charge >= 0.3 is 5.97 Å². The number of nitrogens with zero attached hydrogens (tertiary/aromatic N) is 2. The Morgan fingerprint density at radius 1 is 1.24 bits per heavy atom. The van der Waals surface area contributed by atoms with Gasteiger partial charge in [-0.1, -0.05) is 0 Å². The molecule has 0 spiro atoms. The van der Waals surface area contributed by atoms with Crippen molar-refractivity contribution in [2.24, 2.45) is 5.92 Å². The van der Waals surface area contributed by atoms with Gasteiger partial charge in [-0.05, 0) is 44.5 Å². The van der Waals surface area contributed by atoms with Crippen LogP contribution >= 0.6 is 0 Å². The first kappa shape index (κ1) is 20.9. The molecule has 1 N–H and O–H groups in total. The minimum atomic E-state index is -0.407. The number of hydrogen-bond donors (Lipinski definition) is 1. The number of ether oxygens (including phenoxy) is 3. The number of piperidine rings is 1. The Hall–Kier alpha value is -2.87. The number of methoxy groups -OCH3 is 2. The first-order valence-electron chi connectivity index (χ1n) is 9.75. The number of nitrogens with one attached hydrogen (secondary N) is 1. The molecule has 1 aliphatic rings. The minimum absolute atomic E-state index is 0.0912. The number of H-pyrrole nitrogens is 1. The minimum Gasteiger partial charge on any atom is -0.493 e. The summed E-state index contributed by atoms with van der Waals surface area (Å²) in [4.78, 5) is 27.3. The number of aromatic nitrogens is 2. The Morgan fingerprint density at radius 2 is 2.03 bits per heavy atom. The van der Waals surface area contributed by atoms with Gasteiger partial charge < -0.3 is 14.2 Å². The smallest absolute Gasteiger partial charge is 0.356 e. The first-order chi connectivity index (χ1) is 14.1. The van der Waals surface area contributed by atoms with E-state index < -0.39 is 5.97 Å². The van der Waals surface area contributed by atoms with E-state index in [0.29, 0.717) is 42.5 Å². The Balaban J connectivity index is 1.69. The number of benzene rings is 1. The highest BCUT2D eigenvalue weighted by Gasteiger charge is 2.28. The number of likely N-dealkylation sites (tertiary alicyclic amines) is 1. The van der Waals surface area contributed by atoms with Crippen LogP contribution in [0, 0.1) is 5.92 Å². The van der Waals surface area contributed by atoms with E-state index in [4.69, 9.17) is 14.2 Å². The van der Waals surface area contributed by atoms with Gasteiger partial charge in [0.2, 0.25) is 0 Å². The van der Waals surface area contributed by atoms with Crippen LogP contribution in [-0.2, 0) is 11.3 Å². The van der Waals surface area contributed by atoms with Gasteiger partial charge in [0.25, 0.3) is 0 Å². The third-order valence-corrected chi connectivity index (χ3v) is 5.14. The summed E-state index contributed by atoms with van der Waals surface area (Å²) in [5.74, 6) is 0.715. The van der Waals surface area contributed by atoms with Crippen molar-refractivity contribution in [3.63, 3.8) is 0 Å². The van der Waals surface area contributed by atoms with Gasteiger partial charge in [0.1, 0.15) is 5.69 Å². The lowest BCUT2D eigenvalue weighted by Gasteiger charge is -2.32. The van der Waals surface area contributed by atoms with Crippen molar-refractivity contribution in [2.45, 2.75) is 26.3 Å². The zero-order valence-corrected chi connectivity index (χ0v) is 17.1. The molecule has 2 aromatic rings. The Bertz CT molecular complexity index is 864. The number of carbonyl (C=O) groups excluding carboxylic acids is 2. The molecule has 0 saturated carbocycles. The molecule has 0 aliphatic carbocycles. The van der Waals surface area contributed by atoms with E-state index in [1.807, 2.05) is 0 Å². The summed E-state index contributed by atoms with van der Waals surface area (Å²) in [5, 5.41) is 6.70. The van der Waals surface area contributed by atoms with Gasteiger partial charge in [-0.15, -0.1) is 0 Å². The van der Waals surface area contributed by atoms with Crippen molar-refractivity contribution in [1.82, 2.24) is 15.1 Å². The lowest BCUT2D eigenvalue weighted by atomic mass is 9.89. The van der Waals surface area contributed by atoms with E-state index >= 15 is 0 Å². The highest BCUT2D eigenvalue weighted by molar-refractivity contribution is 5.98. The third-order valence-electron chi connectivity index (χ3n) is 5.14. The van der Waals surface area contributed by atoms with E-state index in [1.165, 1.54) is 0 Å². The monoisotopic (exact) mass is 401 g/mol. The van der Waals surface area contributed by atoms with E-state index in [2.05, 4.69) is 15.1 Å². The van der Waals surface area contributed by atoms with Crippen molar-refractivity contribution >= 4 is 11.8 Å². The Kier molecular flexibility index (Phi) is 6.87. The molecule has 8 heteroatoms. The summed E-state index contributed by atoms with van der Waals surface area (Å²) in [6.45, 7) is 4.11. The highest BCUT2D eigenvalue weighted by atomic mass is 16.5. The largest absolute Gasteiger partial charge is 0.493 e. The topological polar surface area (TPSA) is 93.8 Å². The van der Waals surface area contributed by atoms with Crippen LogP contribution in [0.1, 0.15) is 46.2 Å². The van der Waals surface area contributed by atoms with Crippen LogP contribution in [0.4, 0.5) is 0 Å². The van der Waals surface area contributed by atoms with E-state index in [9.17, 15) is 9.59 Å². The molecule has 2 heterocycles. The number of carbonyl (C=O) groups is 2. The lowest BCUT2D eigenvalue weighted by molar-refractivity contribution is 0.0515. The zero-order chi connectivity index (χ0) is 20.8. The van der Waals surface area contributed by atoms with Gasteiger partial charge in [-0.3, -0.25) is 14.8 Å². The quantitative estimate of drug-likeness (QED) is 0.537. The second-order valence-corrected chi connectivity index (χ2v) is 7.00. The molecule has 8 nitrogen and oxygen atoms in total. The summed E-state index contributed by atoms with van der Waals surface area (Å²) < 4.78 is 15.6. The summed E-state index contributed by atoms with van der Waals surface area (Å²) >= 11 is 0. The second-order valence-electron chi connectivity index (χ2n) is 7.00. The maximum absolute atomic E-state index is 13.1. The molecule has 0 amide bonds. The number of Topliss-reactive ketones (excluding diaryl/α,β-unsaturated/α-hetero) is 1. The lowest BCUT2D eigenvalue weighted by Crippen LogP contribution is -2.38. The Labute approximate surface area is 170 Å². The fraction of sp³-hybridized carbons (Fsp3) is 0.476. The zero-order valence-electron chi connectivity index (χ0n) is 17.1. The van der Waals surface area contributed by atoms with Crippen LogP contribution in [0.2, 0.25) is 0 Å². The standard InChI is InChI=1S/C21H27N3O5/c1-4-29-21(26)19-16(11-22-23-19)13-24-9-5-6-15(12-24)20(25)14-7-8-17(27-2)18(10-14)28-3/h7-8,10-11,15H,4-6,9,12-13H2,1-3H3,(H,22,23)/t15-/m0/s1. The maximum atomic E-state index is 13.1. The van der Waals surface area contributed by atoms with Crippen LogP contribution in [0.25, 0.3) is 0 Å². The fourth-order valence-electron chi connectivity index (χ4n) is 3.69. The fourth-order valence-corrected chi connectivity index (χ4v) is 3.69. The average Bonchev–Trinajstić information content (AvgIpc) is 3.21. The molecule has 1 aromatic carbocycles. The molecule has 1 saturated heterocycles. The van der Waals surface area contributed by atoms with Crippen LogP contribution < -0.4 is 9.47 Å². The molecule has 1 aromatic heterocycles. The molecule has 29 heavy (non-hydrogen) atoms. The van der Waals surface area contributed by atoms with Gasteiger partial charge in [0.05, 0.1) is 27.0 Å². The summed E-state index contributed by atoms with van der Waals surface area (Å²) in [5.41, 5.74) is 1.77. The number of ketones is 1. The van der Waals surface area contributed by atoms with Gasteiger partial charge in [0, 0.05) is 30.1 Å². The van der Waals surface area contributed by atoms with Gasteiger partial charge in [-0.25, -0.2) is 4.79 Å². The molecule has 1 aliphatic heterocycles. The van der Waals surface area contributed by atoms with Crippen LogP contribution in [0.3, 0.4) is 0 Å². The van der Waals surface area contributed by atoms with E-state index in [-0.39, 0.29) is 11.7 Å². The molecule has 0 radical (unpaired) electrons. The summed E-state index contributed by atoms with van der Waals surface area (Å²) in [6.07, 6.45) is 3.39. The van der Waals surface area contributed by atoms with E-state index in [1.54, 1.807) is 45.5 Å². The molecule has 156 valence electrons. The summed E-state index contributed by atoms with van der Waals surface area (Å²) in [7, 11) is 3.12. The summed E-state index contributed by atoms with van der Waals surface area (Å²) in [6, 6.07) is 5.26. The molecule has 3 rings (SSSR count). The van der Waals surface area contributed by atoms with Gasteiger partial charge in [0.15, 0.2) is 17.3 Å². The molecule has 0 bridgehead atoms. The normalized spacial score (nSPS) is 17.0. The predicted molar refractivity (Wildman–Crippen MR) is 106 cm³/mol. The number of esters is 1. The number of rotatable bonds is 8. The second kappa shape index (κ2) is 9.56. The third kappa shape index (κ3) is 4.76. The Morgan fingerprint density at radius 3 is 2.76 bits per heavy atom. The SMILES string of the molecule is CCOC(=O)c1[nH]ncc1CN1CCC[C@H](C(=O)c2ccc(OC)c(OC)c2)C1. The molecular formula is C21H27N3O5. The first-order valence-corrected chi connectivity index (χ1v) is 9.75. The molecule has 0 unspecified atom stereocenters. The number of hydrogen-bond acceptors (Lipinski definition) is 7. The van der Waals surface area contributed by atoms with E-state index in [0.717, 1.165) is 24.9 Å². The van der Waals surface area contributed by atoms with Crippen molar-refractivity contribution in [3.8, 4) is 11.5 Å². The maximum Gasteiger partial charge on any atom is 0.356 e. The molecule has 1 atom stereocenters. The van der Waals surface area contributed by atoms with Crippen LogP contribution in [-0.4, -0.2) is 60.8 Å². The van der Waals surface area contributed by atoms with Crippen LogP contribution in [0.5, 0.6) is 11.5 Å². The van der Waals surface area contributed by atoms with Crippen LogP contribution in [0.15, 0.2) is 24.4 Å². The van der Waals surface area contributed by atoms with Crippen molar-refractivity contribution in [3.05, 3.63) is 41.2 Å². The van der Waals surface area contributed by atoms with Crippen molar-refractivity contribution in [2.75, 3.05) is 33.9 Å². The van der Waals surface area contributed by atoms with Crippen molar-refractivity contribution < 1.29 is 23.8 Å². The van der Waals surface area contributed by atoms with Gasteiger partial charge in [-0.2, -0.15) is 5.10 Å². The molecule has 1 fully saturated rings. The average molecular weight is 401 g/mol. The van der Waals surface area contributed by atoms with Crippen molar-refractivity contribution in [1.29, 1.82) is 0 Å². The number of aromatic amines is 1. The highest BCUT2D eigenvalue weighted by Crippen LogP contribution is 2.30.